The Morgan fingerprint density at radius 3 is 2.46 bits per heavy atom. The summed E-state index contributed by atoms with van der Waals surface area (Å²) in [4.78, 5) is 13.0. The Hall–Kier alpha value is -3.23. The Morgan fingerprint density at radius 1 is 1.14 bits per heavy atom. The molecule has 0 bridgehead atoms. The van der Waals surface area contributed by atoms with Crippen molar-refractivity contribution in [1.29, 1.82) is 10.5 Å². The van der Waals surface area contributed by atoms with Gasteiger partial charge in [0.05, 0.1) is 5.69 Å². The molecule has 0 unspecified atom stereocenters. The number of thioether (sulfide) groups is 1. The van der Waals surface area contributed by atoms with Gasteiger partial charge < -0.3 is 5.32 Å². The van der Waals surface area contributed by atoms with E-state index in [1.165, 1.54) is 16.3 Å². The highest BCUT2D eigenvalue weighted by molar-refractivity contribution is 7.99. The second-order valence-electron chi connectivity index (χ2n) is 6.06. The van der Waals surface area contributed by atoms with Gasteiger partial charge in [0.1, 0.15) is 23.3 Å². The van der Waals surface area contributed by atoms with E-state index in [1.54, 1.807) is 4.57 Å². The summed E-state index contributed by atoms with van der Waals surface area (Å²) in [6.07, 6.45) is 1.82. The summed E-state index contributed by atoms with van der Waals surface area (Å²) in [7, 11) is 0. The van der Waals surface area contributed by atoms with Gasteiger partial charge in [0.2, 0.25) is 0 Å². The van der Waals surface area contributed by atoms with Crippen molar-refractivity contribution in [3.05, 3.63) is 51.8 Å². The molecule has 7 nitrogen and oxygen atoms in total. The first-order chi connectivity index (χ1) is 13.7. The number of hydrogen-bond acceptors (Lipinski definition) is 6. The van der Waals surface area contributed by atoms with Crippen LogP contribution >= 0.6 is 11.8 Å². The van der Waals surface area contributed by atoms with Crippen LogP contribution in [-0.2, 0) is 0 Å². The van der Waals surface area contributed by atoms with Crippen LogP contribution in [-0.4, -0.2) is 26.5 Å². The molecule has 8 heteroatoms. The van der Waals surface area contributed by atoms with Gasteiger partial charge in [-0.2, -0.15) is 15.0 Å². The monoisotopic (exact) mass is 392 g/mol. The number of nitriles is 2. The molecule has 0 saturated carbocycles. The van der Waals surface area contributed by atoms with Crippen molar-refractivity contribution in [2.75, 3.05) is 17.6 Å². The standard InChI is InChI=1S/C20H20N6OS/c1-3-5-11-23-17-15(12-21)18-25(14-9-7-6-8-10-14)20(28-4-2)24-26(18)19(27)16(17)13-22/h6-10,23H,3-5,11H2,1-2H3. The lowest BCUT2D eigenvalue weighted by atomic mass is 10.1. The minimum atomic E-state index is -0.525. The van der Waals surface area contributed by atoms with Crippen LogP contribution in [0.15, 0.2) is 40.3 Å². The molecule has 0 aliphatic carbocycles. The summed E-state index contributed by atoms with van der Waals surface area (Å²) in [5.74, 6) is 0.750. The molecule has 3 rings (SSSR count). The molecule has 0 saturated heterocycles. The lowest BCUT2D eigenvalue weighted by Gasteiger charge is -2.12. The van der Waals surface area contributed by atoms with E-state index in [2.05, 4.69) is 23.4 Å². The highest BCUT2D eigenvalue weighted by atomic mass is 32.2. The number of benzene rings is 1. The smallest absolute Gasteiger partial charge is 0.293 e. The molecule has 0 aliphatic heterocycles. The normalized spacial score (nSPS) is 10.6. The van der Waals surface area contributed by atoms with E-state index in [9.17, 15) is 15.3 Å². The van der Waals surface area contributed by atoms with Crippen LogP contribution in [0.5, 0.6) is 0 Å². The van der Waals surface area contributed by atoms with E-state index >= 15 is 0 Å². The molecule has 1 N–H and O–H groups in total. The molecule has 0 atom stereocenters. The van der Waals surface area contributed by atoms with Crippen molar-refractivity contribution in [3.8, 4) is 17.8 Å². The van der Waals surface area contributed by atoms with Crippen LogP contribution in [0.3, 0.4) is 0 Å². The summed E-state index contributed by atoms with van der Waals surface area (Å²) >= 11 is 1.47. The number of rotatable bonds is 7. The van der Waals surface area contributed by atoms with Crippen molar-refractivity contribution in [2.45, 2.75) is 31.8 Å². The first-order valence-electron chi connectivity index (χ1n) is 9.11. The SMILES string of the molecule is CCCCNc1c(C#N)c(=O)n2nc(SCC)n(-c3ccccc3)c2c1C#N. The van der Waals surface area contributed by atoms with Gasteiger partial charge in [-0.05, 0) is 24.3 Å². The molecular weight excluding hydrogens is 372 g/mol. The van der Waals surface area contributed by atoms with E-state index in [-0.39, 0.29) is 16.8 Å². The molecule has 0 fully saturated rings. The van der Waals surface area contributed by atoms with Crippen LogP contribution in [0.25, 0.3) is 11.3 Å². The fraction of sp³-hybridized carbons (Fsp3) is 0.300. The molecule has 1 aromatic carbocycles. The average molecular weight is 392 g/mol. The van der Waals surface area contributed by atoms with Crippen LogP contribution in [0.4, 0.5) is 5.69 Å². The summed E-state index contributed by atoms with van der Waals surface area (Å²) in [5.41, 5.74) is 1.08. The number of fused-ring (bicyclic) bond motifs is 1. The van der Waals surface area contributed by atoms with Gasteiger partial charge in [0.15, 0.2) is 10.8 Å². The first kappa shape index (κ1) is 19.5. The number of unbranched alkanes of at least 4 members (excludes halogenated alkanes) is 1. The molecule has 0 radical (unpaired) electrons. The fourth-order valence-corrected chi connectivity index (χ4v) is 3.70. The van der Waals surface area contributed by atoms with Gasteiger partial charge in [-0.25, -0.2) is 0 Å². The minimum absolute atomic E-state index is 0.0871. The number of hydrogen-bond donors (Lipinski definition) is 1. The number of aromatic nitrogens is 3. The van der Waals surface area contributed by atoms with Crippen molar-refractivity contribution >= 4 is 23.1 Å². The number of pyridine rings is 1. The maximum absolute atomic E-state index is 13.0. The van der Waals surface area contributed by atoms with Crippen molar-refractivity contribution < 1.29 is 0 Å². The third-order valence-electron chi connectivity index (χ3n) is 4.26. The van der Waals surface area contributed by atoms with Crippen LogP contribution < -0.4 is 10.9 Å². The topological polar surface area (TPSA) is 98.9 Å². The van der Waals surface area contributed by atoms with E-state index in [0.29, 0.717) is 17.3 Å². The quantitative estimate of drug-likeness (QED) is 0.488. The van der Waals surface area contributed by atoms with Crippen molar-refractivity contribution in [1.82, 2.24) is 14.2 Å². The Labute approximate surface area is 167 Å². The van der Waals surface area contributed by atoms with E-state index < -0.39 is 5.56 Å². The van der Waals surface area contributed by atoms with Gasteiger partial charge in [0.25, 0.3) is 5.56 Å². The molecule has 0 spiro atoms. The molecule has 2 heterocycles. The summed E-state index contributed by atoms with van der Waals surface area (Å²) < 4.78 is 2.98. The Morgan fingerprint density at radius 2 is 1.86 bits per heavy atom. The molecular formula is C20H20N6OS. The molecule has 28 heavy (non-hydrogen) atoms. The Bertz CT molecular complexity index is 1130. The zero-order valence-electron chi connectivity index (χ0n) is 15.8. The summed E-state index contributed by atoms with van der Waals surface area (Å²) in [6, 6.07) is 13.6. The van der Waals surface area contributed by atoms with Crippen LogP contribution in [0, 0.1) is 22.7 Å². The zero-order valence-corrected chi connectivity index (χ0v) is 16.6. The highest BCUT2D eigenvalue weighted by Crippen LogP contribution is 2.29. The average Bonchev–Trinajstić information content (AvgIpc) is 3.09. The predicted octanol–water partition coefficient (Wildman–Crippen LogP) is 3.55. The van der Waals surface area contributed by atoms with Crippen molar-refractivity contribution in [3.63, 3.8) is 0 Å². The number of para-hydroxylation sites is 1. The number of nitrogens with zero attached hydrogens (tertiary/aromatic N) is 5. The second kappa shape index (κ2) is 8.64. The van der Waals surface area contributed by atoms with Gasteiger partial charge in [-0.15, -0.1) is 5.10 Å². The number of anilines is 1. The summed E-state index contributed by atoms with van der Waals surface area (Å²) in [5, 5.41) is 27.7. The molecule has 142 valence electrons. The van der Waals surface area contributed by atoms with Gasteiger partial charge in [-0.3, -0.25) is 9.36 Å². The Balaban J connectivity index is 2.42. The van der Waals surface area contributed by atoms with Crippen LogP contribution in [0.2, 0.25) is 0 Å². The Kier molecular flexibility index (Phi) is 6.03. The molecule has 0 amide bonds. The maximum Gasteiger partial charge on any atom is 0.293 e. The summed E-state index contributed by atoms with van der Waals surface area (Å²) in [6.45, 7) is 4.62. The number of nitrogens with one attached hydrogen (secondary N) is 1. The first-order valence-corrected chi connectivity index (χ1v) is 10.1. The van der Waals surface area contributed by atoms with Gasteiger partial charge >= 0.3 is 0 Å². The third kappa shape index (κ3) is 3.35. The lowest BCUT2D eigenvalue weighted by Crippen LogP contribution is -2.22. The third-order valence-corrected chi connectivity index (χ3v) is 5.07. The minimum Gasteiger partial charge on any atom is -0.383 e. The van der Waals surface area contributed by atoms with E-state index in [1.807, 2.05) is 43.3 Å². The predicted molar refractivity (Wildman–Crippen MR) is 110 cm³/mol. The molecule has 2 aromatic heterocycles. The van der Waals surface area contributed by atoms with Gasteiger partial charge in [0, 0.05) is 12.2 Å². The molecule has 0 aliphatic rings. The zero-order chi connectivity index (χ0) is 20.1. The highest BCUT2D eigenvalue weighted by Gasteiger charge is 2.24. The maximum atomic E-state index is 13.0. The van der Waals surface area contributed by atoms with Gasteiger partial charge in [-0.1, -0.05) is 50.2 Å². The second-order valence-corrected chi connectivity index (χ2v) is 7.29. The van der Waals surface area contributed by atoms with E-state index in [4.69, 9.17) is 0 Å². The lowest BCUT2D eigenvalue weighted by molar-refractivity contribution is 0.827. The van der Waals surface area contributed by atoms with E-state index in [0.717, 1.165) is 24.3 Å². The van der Waals surface area contributed by atoms with Crippen LogP contribution in [0.1, 0.15) is 37.8 Å². The largest absolute Gasteiger partial charge is 0.383 e. The fourth-order valence-electron chi connectivity index (χ4n) is 2.98. The van der Waals surface area contributed by atoms with Crippen molar-refractivity contribution in [2.24, 2.45) is 0 Å². The molecule has 3 aromatic rings.